The minimum Gasteiger partial charge on any atom is -0.507 e. The van der Waals surface area contributed by atoms with Gasteiger partial charge in [0.25, 0.3) is 5.91 Å². The molecule has 1 aliphatic heterocycles. The van der Waals surface area contributed by atoms with Gasteiger partial charge >= 0.3 is 0 Å². The van der Waals surface area contributed by atoms with E-state index < -0.39 is 5.82 Å². The van der Waals surface area contributed by atoms with Crippen LogP contribution < -0.4 is 5.73 Å². The van der Waals surface area contributed by atoms with E-state index in [9.17, 15) is 14.3 Å². The van der Waals surface area contributed by atoms with Crippen molar-refractivity contribution in [3.63, 3.8) is 0 Å². The predicted octanol–water partition coefficient (Wildman–Crippen LogP) is 1.50. The predicted molar refractivity (Wildman–Crippen MR) is 76.6 cm³/mol. The molecule has 21 heavy (non-hydrogen) atoms. The Morgan fingerprint density at radius 3 is 2.81 bits per heavy atom. The molecule has 0 unspecified atom stereocenters. The highest BCUT2D eigenvalue weighted by molar-refractivity contribution is 5.96. The molecule has 1 heterocycles. The van der Waals surface area contributed by atoms with Crippen molar-refractivity contribution in [3.05, 3.63) is 29.6 Å². The number of ether oxygens (including phenoxy) is 1. The van der Waals surface area contributed by atoms with E-state index in [0.29, 0.717) is 26.2 Å². The second kappa shape index (κ2) is 7.38. The van der Waals surface area contributed by atoms with Gasteiger partial charge in [-0.1, -0.05) is 0 Å². The van der Waals surface area contributed by atoms with E-state index in [1.165, 1.54) is 6.07 Å². The normalized spacial score (nSPS) is 16.2. The Morgan fingerprint density at radius 1 is 1.43 bits per heavy atom. The molecular weight excluding hydrogens is 275 g/mol. The first-order valence-electron chi connectivity index (χ1n) is 7.21. The Kier molecular flexibility index (Phi) is 5.52. The Labute approximate surface area is 123 Å². The molecule has 2 rings (SSSR count). The summed E-state index contributed by atoms with van der Waals surface area (Å²) < 4.78 is 18.9. The molecule has 1 aliphatic rings. The molecule has 5 nitrogen and oxygen atoms in total. The quantitative estimate of drug-likeness (QED) is 0.807. The van der Waals surface area contributed by atoms with Gasteiger partial charge in [0, 0.05) is 19.7 Å². The fraction of sp³-hybridized carbons (Fsp3) is 0.533. The van der Waals surface area contributed by atoms with Crippen LogP contribution in [0.5, 0.6) is 5.75 Å². The van der Waals surface area contributed by atoms with Crippen LogP contribution in [0.1, 0.15) is 29.6 Å². The summed E-state index contributed by atoms with van der Waals surface area (Å²) in [5, 5.41) is 9.68. The number of piperidine rings is 1. The molecule has 0 aromatic heterocycles. The average molecular weight is 296 g/mol. The van der Waals surface area contributed by atoms with E-state index >= 15 is 0 Å². The summed E-state index contributed by atoms with van der Waals surface area (Å²) >= 11 is 0. The number of hydrogen-bond donors (Lipinski definition) is 2. The van der Waals surface area contributed by atoms with Crippen LogP contribution in [0.2, 0.25) is 0 Å². The van der Waals surface area contributed by atoms with Crippen LogP contribution in [0.15, 0.2) is 18.2 Å². The van der Waals surface area contributed by atoms with E-state index in [1.807, 2.05) is 0 Å². The number of phenolic OH excluding ortho intramolecular Hbond substituents is 1. The van der Waals surface area contributed by atoms with Gasteiger partial charge in [0.05, 0.1) is 11.7 Å². The Bertz CT molecular complexity index is 488. The topological polar surface area (TPSA) is 75.8 Å². The lowest BCUT2D eigenvalue weighted by Crippen LogP contribution is -2.41. The molecule has 0 spiro atoms. The maximum Gasteiger partial charge on any atom is 0.257 e. The number of nitrogens with zero attached hydrogens (tertiary/aromatic N) is 1. The number of likely N-dealkylation sites (tertiary alicyclic amines) is 1. The fourth-order valence-corrected chi connectivity index (χ4v) is 2.41. The number of carbonyl (C=O) groups is 1. The number of amides is 1. The first-order valence-corrected chi connectivity index (χ1v) is 7.21. The molecule has 0 radical (unpaired) electrons. The molecule has 3 N–H and O–H groups in total. The van der Waals surface area contributed by atoms with Gasteiger partial charge < -0.3 is 20.5 Å². The summed E-state index contributed by atoms with van der Waals surface area (Å²) in [6, 6.07) is 3.40. The first kappa shape index (κ1) is 15.7. The van der Waals surface area contributed by atoms with Gasteiger partial charge in [-0.05, 0) is 44.0 Å². The van der Waals surface area contributed by atoms with Crippen LogP contribution in [0.4, 0.5) is 4.39 Å². The minimum absolute atomic E-state index is 0.0116. The van der Waals surface area contributed by atoms with Gasteiger partial charge in [0.1, 0.15) is 11.6 Å². The molecule has 1 saturated heterocycles. The van der Waals surface area contributed by atoms with Crippen molar-refractivity contribution in [2.45, 2.75) is 25.4 Å². The number of carbonyl (C=O) groups excluding carboxylic acids is 1. The van der Waals surface area contributed by atoms with Crippen LogP contribution in [0.25, 0.3) is 0 Å². The highest BCUT2D eigenvalue weighted by Crippen LogP contribution is 2.22. The van der Waals surface area contributed by atoms with E-state index in [-0.39, 0.29) is 23.3 Å². The van der Waals surface area contributed by atoms with Gasteiger partial charge in [-0.3, -0.25) is 4.79 Å². The molecule has 0 aliphatic carbocycles. The second-order valence-corrected chi connectivity index (χ2v) is 5.17. The molecule has 1 amide bonds. The molecule has 0 bridgehead atoms. The lowest BCUT2D eigenvalue weighted by atomic mass is 10.1. The SMILES string of the molecule is NCCCOC1CCN(C(=O)c2cc(F)ccc2O)CC1. The Balaban J connectivity index is 1.89. The third-order valence-corrected chi connectivity index (χ3v) is 3.62. The average Bonchev–Trinajstić information content (AvgIpc) is 2.50. The van der Waals surface area contributed by atoms with Crippen molar-refractivity contribution in [1.29, 1.82) is 0 Å². The first-order chi connectivity index (χ1) is 10.1. The van der Waals surface area contributed by atoms with Crippen molar-refractivity contribution >= 4 is 5.91 Å². The fourth-order valence-electron chi connectivity index (χ4n) is 2.41. The number of halogens is 1. The summed E-state index contributed by atoms with van der Waals surface area (Å²) in [7, 11) is 0. The van der Waals surface area contributed by atoms with Crippen molar-refractivity contribution in [1.82, 2.24) is 4.90 Å². The number of hydrogen-bond acceptors (Lipinski definition) is 4. The van der Waals surface area contributed by atoms with Crippen molar-refractivity contribution in [2.75, 3.05) is 26.2 Å². The summed E-state index contributed by atoms with van der Waals surface area (Å²) in [4.78, 5) is 13.9. The zero-order chi connectivity index (χ0) is 15.2. The molecular formula is C15H21FN2O3. The maximum atomic E-state index is 13.2. The van der Waals surface area contributed by atoms with Crippen molar-refractivity contribution in [3.8, 4) is 5.75 Å². The lowest BCUT2D eigenvalue weighted by Gasteiger charge is -2.32. The molecule has 1 fully saturated rings. The summed E-state index contributed by atoms with van der Waals surface area (Å²) in [5.74, 6) is -1.06. The third-order valence-electron chi connectivity index (χ3n) is 3.62. The number of phenols is 1. The summed E-state index contributed by atoms with van der Waals surface area (Å²) in [6.07, 6.45) is 2.46. The zero-order valence-corrected chi connectivity index (χ0v) is 11.9. The highest BCUT2D eigenvalue weighted by atomic mass is 19.1. The lowest BCUT2D eigenvalue weighted by molar-refractivity contribution is 0.00837. The number of rotatable bonds is 5. The van der Waals surface area contributed by atoms with E-state index in [1.54, 1.807) is 4.90 Å². The van der Waals surface area contributed by atoms with E-state index in [4.69, 9.17) is 10.5 Å². The molecule has 0 atom stereocenters. The molecule has 6 heteroatoms. The van der Waals surface area contributed by atoms with Crippen LogP contribution >= 0.6 is 0 Å². The van der Waals surface area contributed by atoms with Crippen LogP contribution in [-0.2, 0) is 4.74 Å². The minimum atomic E-state index is -0.531. The monoisotopic (exact) mass is 296 g/mol. The largest absolute Gasteiger partial charge is 0.507 e. The number of benzene rings is 1. The van der Waals surface area contributed by atoms with Crippen molar-refractivity contribution < 1.29 is 19.0 Å². The maximum absolute atomic E-state index is 13.2. The van der Waals surface area contributed by atoms with Crippen LogP contribution in [0.3, 0.4) is 0 Å². The second-order valence-electron chi connectivity index (χ2n) is 5.17. The van der Waals surface area contributed by atoms with Gasteiger partial charge in [-0.15, -0.1) is 0 Å². The highest BCUT2D eigenvalue weighted by Gasteiger charge is 2.25. The van der Waals surface area contributed by atoms with Gasteiger partial charge in [0.15, 0.2) is 0 Å². The summed E-state index contributed by atoms with van der Waals surface area (Å²) in [5.41, 5.74) is 5.42. The molecule has 116 valence electrons. The third kappa shape index (κ3) is 4.15. The van der Waals surface area contributed by atoms with Gasteiger partial charge in [0.2, 0.25) is 0 Å². The molecule has 1 aromatic rings. The number of aromatic hydroxyl groups is 1. The molecule has 0 saturated carbocycles. The molecule has 1 aromatic carbocycles. The van der Waals surface area contributed by atoms with Gasteiger partial charge in [-0.2, -0.15) is 0 Å². The zero-order valence-electron chi connectivity index (χ0n) is 11.9. The standard InChI is InChI=1S/C15H21FN2O3/c16-11-2-3-14(19)13(10-11)15(20)18-7-4-12(5-8-18)21-9-1-6-17/h2-3,10,12,19H,1,4-9,17H2. The van der Waals surface area contributed by atoms with E-state index in [2.05, 4.69) is 0 Å². The smallest absolute Gasteiger partial charge is 0.257 e. The Hall–Kier alpha value is -1.66. The van der Waals surface area contributed by atoms with E-state index in [0.717, 1.165) is 31.4 Å². The number of nitrogens with two attached hydrogens (primary N) is 1. The van der Waals surface area contributed by atoms with Crippen LogP contribution in [0, 0.1) is 5.82 Å². The Morgan fingerprint density at radius 2 is 2.14 bits per heavy atom. The van der Waals surface area contributed by atoms with Crippen LogP contribution in [-0.4, -0.2) is 48.3 Å². The van der Waals surface area contributed by atoms with Gasteiger partial charge in [-0.25, -0.2) is 4.39 Å². The summed E-state index contributed by atoms with van der Waals surface area (Å²) in [6.45, 7) is 2.33. The van der Waals surface area contributed by atoms with Crippen molar-refractivity contribution in [2.24, 2.45) is 5.73 Å².